The van der Waals surface area contributed by atoms with Crippen molar-refractivity contribution < 1.29 is 22.8 Å². The quantitative estimate of drug-likeness (QED) is 0.428. The first-order valence-electron chi connectivity index (χ1n) is 11.6. The molecule has 0 radical (unpaired) electrons. The maximum atomic E-state index is 13.9. The molecule has 2 amide bonds. The van der Waals surface area contributed by atoms with Crippen molar-refractivity contribution in [2.75, 3.05) is 5.32 Å². The number of rotatable bonds is 6. The van der Waals surface area contributed by atoms with Crippen molar-refractivity contribution in [3.05, 3.63) is 99.8 Å². The normalized spacial score (nSPS) is 17.5. The Kier molecular flexibility index (Phi) is 7.96. The van der Waals surface area contributed by atoms with Crippen molar-refractivity contribution in [1.82, 2.24) is 4.90 Å². The summed E-state index contributed by atoms with van der Waals surface area (Å²) in [6, 6.07) is 12.1. The molecule has 2 unspecified atom stereocenters. The summed E-state index contributed by atoms with van der Waals surface area (Å²) >= 11 is 6.44. The lowest BCUT2D eigenvalue weighted by Crippen LogP contribution is -2.51. The summed E-state index contributed by atoms with van der Waals surface area (Å²) in [6.45, 7) is 0.0117. The van der Waals surface area contributed by atoms with Crippen LogP contribution in [0, 0.1) is 17.5 Å². The molecule has 0 bridgehead atoms. The number of anilines is 1. The highest BCUT2D eigenvalue weighted by atomic mass is 35.5. The Hall–Kier alpha value is -3.36. The van der Waals surface area contributed by atoms with E-state index >= 15 is 0 Å². The summed E-state index contributed by atoms with van der Waals surface area (Å²) in [5.41, 5.74) is 7.27. The first kappa shape index (κ1) is 25.7. The van der Waals surface area contributed by atoms with Crippen LogP contribution in [0.2, 0.25) is 5.02 Å². The molecular weight excluding hydrogens is 491 g/mol. The Morgan fingerprint density at radius 3 is 2.31 bits per heavy atom. The number of benzene rings is 3. The third kappa shape index (κ3) is 6.06. The lowest BCUT2D eigenvalue weighted by Gasteiger charge is -2.38. The Bertz CT molecular complexity index is 1270. The number of carbonyl (C=O) groups excluding carboxylic acids is 2. The minimum Gasteiger partial charge on any atom is -0.330 e. The molecule has 3 N–H and O–H groups in total. The molecule has 0 heterocycles. The van der Waals surface area contributed by atoms with Crippen LogP contribution in [-0.2, 0) is 6.54 Å². The Morgan fingerprint density at radius 1 is 0.917 bits per heavy atom. The Balaban J connectivity index is 1.63. The smallest absolute Gasteiger partial charge is 0.255 e. The van der Waals surface area contributed by atoms with E-state index in [4.69, 9.17) is 17.3 Å². The average molecular weight is 516 g/mol. The van der Waals surface area contributed by atoms with E-state index in [2.05, 4.69) is 5.32 Å². The molecule has 36 heavy (non-hydrogen) atoms. The molecule has 0 aliphatic heterocycles. The van der Waals surface area contributed by atoms with Gasteiger partial charge >= 0.3 is 0 Å². The van der Waals surface area contributed by atoms with Crippen LogP contribution in [0.3, 0.4) is 0 Å². The number of amides is 2. The van der Waals surface area contributed by atoms with Gasteiger partial charge in [0.15, 0.2) is 0 Å². The number of nitrogens with two attached hydrogens (primary N) is 1. The molecule has 3 aromatic carbocycles. The van der Waals surface area contributed by atoms with E-state index < -0.39 is 29.3 Å². The standard InChI is InChI=1S/C27H25ClF3N3O2/c28-23-9-8-22(33-26(35)16-4-3-5-19(29)10-16)13-18(23)15-34(25-7-2-1-6-24(25)32)27(36)17-11-20(30)14-21(31)12-17/h3-5,8-14,24-25H,1-2,6-7,15,32H2,(H,33,35). The van der Waals surface area contributed by atoms with Crippen molar-refractivity contribution in [3.63, 3.8) is 0 Å². The van der Waals surface area contributed by atoms with Crippen LogP contribution >= 0.6 is 11.6 Å². The van der Waals surface area contributed by atoms with Gasteiger partial charge < -0.3 is 16.0 Å². The average Bonchev–Trinajstić information content (AvgIpc) is 2.84. The zero-order valence-corrected chi connectivity index (χ0v) is 20.1. The third-order valence-electron chi connectivity index (χ3n) is 6.28. The number of hydrogen-bond acceptors (Lipinski definition) is 3. The molecule has 0 saturated heterocycles. The van der Waals surface area contributed by atoms with Crippen LogP contribution in [0.1, 0.15) is 52.0 Å². The first-order valence-corrected chi connectivity index (χ1v) is 12.0. The molecule has 0 spiro atoms. The predicted molar refractivity (Wildman–Crippen MR) is 132 cm³/mol. The zero-order valence-electron chi connectivity index (χ0n) is 19.3. The van der Waals surface area contributed by atoms with E-state index in [9.17, 15) is 22.8 Å². The van der Waals surface area contributed by atoms with Gasteiger partial charge in [-0.1, -0.05) is 30.5 Å². The lowest BCUT2D eigenvalue weighted by molar-refractivity contribution is 0.0582. The fraction of sp³-hybridized carbons (Fsp3) is 0.259. The van der Waals surface area contributed by atoms with Crippen molar-refractivity contribution in [2.24, 2.45) is 5.73 Å². The van der Waals surface area contributed by atoms with Crippen LogP contribution in [0.15, 0.2) is 60.7 Å². The molecule has 2 atom stereocenters. The summed E-state index contributed by atoms with van der Waals surface area (Å²) in [7, 11) is 0. The summed E-state index contributed by atoms with van der Waals surface area (Å²) in [6.07, 6.45) is 3.13. The third-order valence-corrected chi connectivity index (χ3v) is 6.65. The second kappa shape index (κ2) is 11.1. The van der Waals surface area contributed by atoms with Gasteiger partial charge in [-0.2, -0.15) is 0 Å². The van der Waals surface area contributed by atoms with Gasteiger partial charge in [-0.25, -0.2) is 13.2 Å². The lowest BCUT2D eigenvalue weighted by atomic mass is 9.89. The van der Waals surface area contributed by atoms with Crippen molar-refractivity contribution >= 4 is 29.1 Å². The fourth-order valence-electron chi connectivity index (χ4n) is 4.50. The second-order valence-corrected chi connectivity index (χ2v) is 9.28. The number of carbonyl (C=O) groups is 2. The summed E-state index contributed by atoms with van der Waals surface area (Å²) < 4.78 is 41.3. The monoisotopic (exact) mass is 515 g/mol. The largest absolute Gasteiger partial charge is 0.330 e. The van der Waals surface area contributed by atoms with Crippen LogP contribution < -0.4 is 11.1 Å². The van der Waals surface area contributed by atoms with Gasteiger partial charge in [-0.3, -0.25) is 9.59 Å². The van der Waals surface area contributed by atoms with E-state index in [1.54, 1.807) is 18.2 Å². The topological polar surface area (TPSA) is 75.4 Å². The molecule has 3 aromatic rings. The molecular formula is C27H25ClF3N3O2. The molecule has 5 nitrogen and oxygen atoms in total. The van der Waals surface area contributed by atoms with E-state index in [-0.39, 0.29) is 29.8 Å². The SMILES string of the molecule is NC1CCCCC1N(Cc1cc(NC(=O)c2cccc(F)c2)ccc1Cl)C(=O)c1cc(F)cc(F)c1. The highest BCUT2D eigenvalue weighted by Gasteiger charge is 2.32. The van der Waals surface area contributed by atoms with Gasteiger partial charge in [0.1, 0.15) is 17.5 Å². The van der Waals surface area contributed by atoms with Gasteiger partial charge in [0, 0.05) is 46.5 Å². The molecule has 1 aliphatic carbocycles. The number of nitrogens with zero attached hydrogens (tertiary/aromatic N) is 1. The number of halogens is 4. The van der Waals surface area contributed by atoms with Crippen molar-refractivity contribution in [2.45, 2.75) is 44.3 Å². The molecule has 1 saturated carbocycles. The highest BCUT2D eigenvalue weighted by molar-refractivity contribution is 6.31. The van der Waals surface area contributed by atoms with Gasteiger partial charge in [0.05, 0.1) is 0 Å². The maximum Gasteiger partial charge on any atom is 0.255 e. The Labute approximate surface area is 212 Å². The van der Waals surface area contributed by atoms with Crippen LogP contribution in [0.4, 0.5) is 18.9 Å². The van der Waals surface area contributed by atoms with E-state index in [1.807, 2.05) is 0 Å². The maximum absolute atomic E-state index is 13.9. The summed E-state index contributed by atoms with van der Waals surface area (Å²) in [5.74, 6) is -3.33. The van der Waals surface area contributed by atoms with E-state index in [0.717, 1.165) is 31.0 Å². The van der Waals surface area contributed by atoms with Gasteiger partial charge in [-0.15, -0.1) is 0 Å². The van der Waals surface area contributed by atoms with Crippen LogP contribution in [0.5, 0.6) is 0 Å². The predicted octanol–water partition coefficient (Wildman–Crippen LogP) is 5.92. The van der Waals surface area contributed by atoms with Crippen molar-refractivity contribution in [3.8, 4) is 0 Å². The molecule has 9 heteroatoms. The molecule has 0 aromatic heterocycles. The fourth-order valence-corrected chi connectivity index (χ4v) is 4.68. The summed E-state index contributed by atoms with van der Waals surface area (Å²) in [4.78, 5) is 27.5. The second-order valence-electron chi connectivity index (χ2n) is 8.88. The van der Waals surface area contributed by atoms with Crippen molar-refractivity contribution in [1.29, 1.82) is 0 Å². The molecule has 1 fully saturated rings. The molecule has 1 aliphatic rings. The minimum atomic E-state index is -0.855. The minimum absolute atomic E-state index is 0.0117. The van der Waals surface area contributed by atoms with E-state index in [0.29, 0.717) is 35.2 Å². The molecule has 4 rings (SSSR count). The Morgan fingerprint density at radius 2 is 1.61 bits per heavy atom. The van der Waals surface area contributed by atoms with Gasteiger partial charge in [0.25, 0.3) is 11.8 Å². The number of nitrogens with one attached hydrogen (secondary N) is 1. The first-order chi connectivity index (χ1) is 17.2. The highest BCUT2D eigenvalue weighted by Crippen LogP contribution is 2.29. The number of hydrogen-bond donors (Lipinski definition) is 2. The molecule has 188 valence electrons. The zero-order chi connectivity index (χ0) is 25.8. The summed E-state index contributed by atoms with van der Waals surface area (Å²) in [5, 5.41) is 3.04. The van der Waals surface area contributed by atoms with Gasteiger partial charge in [-0.05, 0) is 66.9 Å². The van der Waals surface area contributed by atoms with Crippen LogP contribution in [-0.4, -0.2) is 28.8 Å². The van der Waals surface area contributed by atoms with Crippen LogP contribution in [0.25, 0.3) is 0 Å². The van der Waals surface area contributed by atoms with E-state index in [1.165, 1.54) is 23.1 Å². The van der Waals surface area contributed by atoms with Gasteiger partial charge in [0.2, 0.25) is 0 Å².